The van der Waals surface area contributed by atoms with Gasteiger partial charge in [-0.2, -0.15) is 0 Å². The van der Waals surface area contributed by atoms with E-state index in [-0.39, 0.29) is 6.61 Å². The van der Waals surface area contributed by atoms with E-state index in [0.717, 1.165) is 23.1 Å². The highest BCUT2D eigenvalue weighted by Crippen LogP contribution is 2.32. The molecule has 1 aromatic heterocycles. The molecule has 0 saturated heterocycles. The van der Waals surface area contributed by atoms with Crippen molar-refractivity contribution in [2.75, 3.05) is 27.4 Å². The number of ether oxygens (including phenoxy) is 3. The topological polar surface area (TPSA) is 57.9 Å². The summed E-state index contributed by atoms with van der Waals surface area (Å²) in [6.45, 7) is 2.40. The quantitative estimate of drug-likeness (QED) is 0.760. The predicted octanol–water partition coefficient (Wildman–Crippen LogP) is 2.48. The van der Waals surface area contributed by atoms with Crippen LogP contribution in [0, 0.1) is 6.92 Å². The zero-order chi connectivity index (χ0) is 14.5. The summed E-state index contributed by atoms with van der Waals surface area (Å²) in [5, 5.41) is 0.988. The number of hydrogen-bond acceptors (Lipinski definition) is 5. The maximum Gasteiger partial charge on any atom is 0.343 e. The van der Waals surface area contributed by atoms with E-state index in [0.29, 0.717) is 17.9 Å². The molecule has 0 fully saturated rings. The number of esters is 1. The van der Waals surface area contributed by atoms with Crippen LogP contribution in [0.2, 0.25) is 0 Å². The lowest BCUT2D eigenvalue weighted by Gasteiger charge is -2.05. The molecule has 0 aliphatic rings. The molecule has 0 unspecified atom stereocenters. The minimum absolute atomic E-state index is 0.136. The fourth-order valence-corrected chi connectivity index (χ4v) is 2.09. The number of carbonyl (C=O) groups excluding carboxylic acids is 1. The average Bonchev–Trinajstić information content (AvgIpc) is 2.78. The molecular weight excluding hydrogens is 260 g/mol. The molecule has 108 valence electrons. The molecule has 20 heavy (non-hydrogen) atoms. The SMILES string of the molecule is COCCc1c(C)oc2c(OCC(=O)OC)cccc12. The van der Waals surface area contributed by atoms with E-state index in [4.69, 9.17) is 13.9 Å². The van der Waals surface area contributed by atoms with Gasteiger partial charge in [0, 0.05) is 18.1 Å². The second kappa shape index (κ2) is 6.43. The molecule has 0 N–H and O–H groups in total. The van der Waals surface area contributed by atoms with Gasteiger partial charge >= 0.3 is 5.97 Å². The van der Waals surface area contributed by atoms with Crippen LogP contribution in [-0.2, 0) is 20.7 Å². The van der Waals surface area contributed by atoms with Crippen molar-refractivity contribution in [2.24, 2.45) is 0 Å². The van der Waals surface area contributed by atoms with Crippen LogP contribution in [0.1, 0.15) is 11.3 Å². The molecule has 2 rings (SSSR count). The zero-order valence-electron chi connectivity index (χ0n) is 11.9. The van der Waals surface area contributed by atoms with Gasteiger partial charge in [0.15, 0.2) is 17.9 Å². The summed E-state index contributed by atoms with van der Waals surface area (Å²) in [4.78, 5) is 11.1. The molecular formula is C15H18O5. The first kappa shape index (κ1) is 14.4. The monoisotopic (exact) mass is 278 g/mol. The second-order valence-corrected chi connectivity index (χ2v) is 4.38. The van der Waals surface area contributed by atoms with E-state index < -0.39 is 5.97 Å². The predicted molar refractivity (Wildman–Crippen MR) is 74.0 cm³/mol. The highest BCUT2D eigenvalue weighted by atomic mass is 16.6. The number of fused-ring (bicyclic) bond motifs is 1. The summed E-state index contributed by atoms with van der Waals surface area (Å²) in [7, 11) is 2.99. The Balaban J connectivity index is 2.30. The van der Waals surface area contributed by atoms with Crippen LogP contribution in [0.25, 0.3) is 11.0 Å². The third-order valence-electron chi connectivity index (χ3n) is 3.11. The molecule has 0 bridgehead atoms. The number of furan rings is 1. The summed E-state index contributed by atoms with van der Waals surface area (Å²) in [5.74, 6) is 0.954. The van der Waals surface area contributed by atoms with Gasteiger partial charge < -0.3 is 18.6 Å². The number of benzene rings is 1. The number of hydrogen-bond donors (Lipinski definition) is 0. The number of carbonyl (C=O) groups is 1. The van der Waals surface area contributed by atoms with Crippen LogP contribution in [0.5, 0.6) is 5.75 Å². The smallest absolute Gasteiger partial charge is 0.343 e. The van der Waals surface area contributed by atoms with Crippen LogP contribution >= 0.6 is 0 Å². The molecule has 1 aromatic carbocycles. The third-order valence-corrected chi connectivity index (χ3v) is 3.11. The molecule has 5 heteroatoms. The summed E-state index contributed by atoms with van der Waals surface area (Å²) in [5.41, 5.74) is 1.75. The number of methoxy groups -OCH3 is 2. The molecule has 2 aromatic rings. The van der Waals surface area contributed by atoms with Crippen molar-refractivity contribution >= 4 is 16.9 Å². The van der Waals surface area contributed by atoms with Crippen molar-refractivity contribution in [1.29, 1.82) is 0 Å². The van der Waals surface area contributed by atoms with E-state index >= 15 is 0 Å². The van der Waals surface area contributed by atoms with Gasteiger partial charge in [0.05, 0.1) is 13.7 Å². The molecule has 0 saturated carbocycles. The first-order valence-electron chi connectivity index (χ1n) is 6.37. The third kappa shape index (κ3) is 2.93. The van der Waals surface area contributed by atoms with Gasteiger partial charge in [-0.05, 0) is 19.4 Å². The zero-order valence-corrected chi connectivity index (χ0v) is 11.9. The minimum atomic E-state index is -0.426. The molecule has 0 aliphatic carbocycles. The number of rotatable bonds is 6. The van der Waals surface area contributed by atoms with Crippen molar-refractivity contribution in [3.8, 4) is 5.75 Å². The van der Waals surface area contributed by atoms with E-state index in [1.165, 1.54) is 7.11 Å². The van der Waals surface area contributed by atoms with E-state index in [1.54, 1.807) is 13.2 Å². The molecule has 0 atom stereocenters. The Kier molecular flexibility index (Phi) is 4.63. The molecule has 0 spiro atoms. The lowest BCUT2D eigenvalue weighted by atomic mass is 10.1. The van der Waals surface area contributed by atoms with Crippen LogP contribution in [0.15, 0.2) is 22.6 Å². The van der Waals surface area contributed by atoms with Crippen LogP contribution in [0.4, 0.5) is 0 Å². The summed E-state index contributed by atoms with van der Waals surface area (Å²) in [6, 6.07) is 5.62. The van der Waals surface area contributed by atoms with Gasteiger partial charge in [-0.25, -0.2) is 4.79 Å². The summed E-state index contributed by atoms with van der Waals surface area (Å²) >= 11 is 0. The van der Waals surface area contributed by atoms with Gasteiger partial charge in [-0.3, -0.25) is 0 Å². The van der Waals surface area contributed by atoms with E-state index in [2.05, 4.69) is 4.74 Å². The number of aryl methyl sites for hydroxylation is 1. The number of para-hydroxylation sites is 1. The Morgan fingerprint density at radius 2 is 2.10 bits per heavy atom. The standard InChI is InChI=1S/C15H18O5/c1-10-11(7-8-17-2)12-5-4-6-13(15(12)20-10)19-9-14(16)18-3/h4-6H,7-9H2,1-3H3. The minimum Gasteiger partial charge on any atom is -0.478 e. The normalized spacial score (nSPS) is 10.8. The molecule has 5 nitrogen and oxygen atoms in total. The lowest BCUT2D eigenvalue weighted by molar-refractivity contribution is -0.142. The van der Waals surface area contributed by atoms with Crippen molar-refractivity contribution in [3.05, 3.63) is 29.5 Å². The van der Waals surface area contributed by atoms with E-state index in [1.807, 2.05) is 19.1 Å². The largest absolute Gasteiger partial charge is 0.478 e. The summed E-state index contributed by atoms with van der Waals surface area (Å²) in [6.07, 6.45) is 0.774. The van der Waals surface area contributed by atoms with Gasteiger partial charge in [-0.1, -0.05) is 12.1 Å². The maximum atomic E-state index is 11.1. The van der Waals surface area contributed by atoms with Gasteiger partial charge in [0.1, 0.15) is 5.76 Å². The molecule has 1 heterocycles. The Labute approximate surface area is 117 Å². The maximum absolute atomic E-state index is 11.1. The lowest BCUT2D eigenvalue weighted by Crippen LogP contribution is -2.12. The fourth-order valence-electron chi connectivity index (χ4n) is 2.09. The Bertz CT molecular complexity index is 600. The second-order valence-electron chi connectivity index (χ2n) is 4.38. The summed E-state index contributed by atoms with van der Waals surface area (Å²) < 4.78 is 20.9. The molecule has 0 radical (unpaired) electrons. The average molecular weight is 278 g/mol. The van der Waals surface area contributed by atoms with Crippen molar-refractivity contribution < 1.29 is 23.4 Å². The van der Waals surface area contributed by atoms with Crippen LogP contribution < -0.4 is 4.74 Å². The Morgan fingerprint density at radius 3 is 2.80 bits per heavy atom. The van der Waals surface area contributed by atoms with Crippen LogP contribution in [-0.4, -0.2) is 33.4 Å². The van der Waals surface area contributed by atoms with Gasteiger partial charge in [0.2, 0.25) is 0 Å². The van der Waals surface area contributed by atoms with Crippen molar-refractivity contribution in [2.45, 2.75) is 13.3 Å². The van der Waals surface area contributed by atoms with Crippen molar-refractivity contribution in [3.63, 3.8) is 0 Å². The van der Waals surface area contributed by atoms with Gasteiger partial charge in [-0.15, -0.1) is 0 Å². The first-order chi connectivity index (χ1) is 9.67. The highest BCUT2D eigenvalue weighted by Gasteiger charge is 2.15. The van der Waals surface area contributed by atoms with Crippen molar-refractivity contribution in [1.82, 2.24) is 0 Å². The van der Waals surface area contributed by atoms with Crippen LogP contribution in [0.3, 0.4) is 0 Å². The highest BCUT2D eigenvalue weighted by molar-refractivity contribution is 5.87. The molecule has 0 aliphatic heterocycles. The fraction of sp³-hybridized carbons (Fsp3) is 0.400. The van der Waals surface area contributed by atoms with Gasteiger partial charge in [0.25, 0.3) is 0 Å². The first-order valence-corrected chi connectivity index (χ1v) is 6.37. The Hall–Kier alpha value is -2.01. The Morgan fingerprint density at radius 1 is 1.30 bits per heavy atom. The molecule has 0 amide bonds. The van der Waals surface area contributed by atoms with E-state index in [9.17, 15) is 4.79 Å².